The maximum Gasteiger partial charge on any atom is 0.239 e. The molecule has 28 heavy (non-hydrogen) atoms. The van der Waals surface area contributed by atoms with E-state index in [0.29, 0.717) is 12.5 Å². The van der Waals surface area contributed by atoms with E-state index < -0.39 is 0 Å². The molecule has 1 aromatic rings. The molecule has 3 N–H and O–H groups in total. The van der Waals surface area contributed by atoms with E-state index in [4.69, 9.17) is 0 Å². The van der Waals surface area contributed by atoms with E-state index in [2.05, 4.69) is 49.9 Å². The summed E-state index contributed by atoms with van der Waals surface area (Å²) in [5.74, 6) is 2.43. The first-order valence-corrected chi connectivity index (χ1v) is 10.3. The van der Waals surface area contributed by atoms with Gasteiger partial charge in [-0.1, -0.05) is 13.0 Å². The highest BCUT2D eigenvalue weighted by molar-refractivity contribution is 5.86. The maximum atomic E-state index is 12.0. The Bertz CT molecular complexity index is 642. The number of aliphatic imine (C=N–C) groups is 1. The van der Waals surface area contributed by atoms with Crippen LogP contribution in [0.25, 0.3) is 0 Å². The van der Waals surface area contributed by atoms with Crippen LogP contribution in [0, 0.1) is 5.92 Å². The number of aromatic nitrogens is 1. The Kier molecular flexibility index (Phi) is 8.08. The van der Waals surface area contributed by atoms with Crippen molar-refractivity contribution in [3.8, 4) is 0 Å². The Balaban J connectivity index is 1.88. The van der Waals surface area contributed by atoms with Crippen molar-refractivity contribution in [1.29, 1.82) is 0 Å². The van der Waals surface area contributed by atoms with Crippen LogP contribution in [-0.2, 0) is 11.3 Å². The fraction of sp³-hybridized carbons (Fsp3) is 0.667. The molecular formula is C21H36N6O. The summed E-state index contributed by atoms with van der Waals surface area (Å²) in [5.41, 5.74) is 0.805. The summed E-state index contributed by atoms with van der Waals surface area (Å²) in [6.45, 7) is 13.8. The van der Waals surface area contributed by atoms with Crippen LogP contribution in [0.4, 0.5) is 5.82 Å². The molecule has 7 heteroatoms. The Morgan fingerprint density at radius 3 is 2.54 bits per heavy atom. The number of anilines is 1. The smallest absolute Gasteiger partial charge is 0.239 e. The number of pyridine rings is 1. The Morgan fingerprint density at radius 2 is 1.96 bits per heavy atom. The molecule has 0 aliphatic carbocycles. The van der Waals surface area contributed by atoms with Crippen LogP contribution in [0.1, 0.15) is 53.0 Å². The van der Waals surface area contributed by atoms with Gasteiger partial charge in [-0.2, -0.15) is 0 Å². The van der Waals surface area contributed by atoms with Crippen molar-refractivity contribution >= 4 is 17.7 Å². The van der Waals surface area contributed by atoms with E-state index in [1.54, 1.807) is 0 Å². The van der Waals surface area contributed by atoms with Crippen LogP contribution in [0.15, 0.2) is 23.3 Å². The van der Waals surface area contributed by atoms with Gasteiger partial charge in [-0.05, 0) is 58.1 Å². The molecular weight excluding hydrogens is 352 g/mol. The molecule has 0 saturated carbocycles. The monoisotopic (exact) mass is 388 g/mol. The first-order valence-electron chi connectivity index (χ1n) is 10.3. The lowest BCUT2D eigenvalue weighted by molar-refractivity contribution is -0.121. The molecule has 0 atom stereocenters. The quantitative estimate of drug-likeness (QED) is 0.515. The molecule has 1 aliphatic rings. The minimum atomic E-state index is -0.242. The zero-order chi connectivity index (χ0) is 20.6. The molecule has 1 amide bonds. The number of guanidine groups is 1. The summed E-state index contributed by atoms with van der Waals surface area (Å²) in [6, 6.07) is 4.16. The summed E-state index contributed by atoms with van der Waals surface area (Å²) in [6.07, 6.45) is 4.36. The molecule has 1 aromatic heterocycles. The average molecular weight is 389 g/mol. The van der Waals surface area contributed by atoms with Gasteiger partial charge in [0.25, 0.3) is 0 Å². The number of nitrogens with zero attached hydrogens (tertiary/aromatic N) is 3. The van der Waals surface area contributed by atoms with Crippen molar-refractivity contribution in [3.05, 3.63) is 23.9 Å². The van der Waals surface area contributed by atoms with Gasteiger partial charge < -0.3 is 20.9 Å². The summed E-state index contributed by atoms with van der Waals surface area (Å²) < 4.78 is 0. The van der Waals surface area contributed by atoms with Crippen molar-refractivity contribution in [3.63, 3.8) is 0 Å². The summed E-state index contributed by atoms with van der Waals surface area (Å²) in [4.78, 5) is 23.5. The van der Waals surface area contributed by atoms with Gasteiger partial charge in [0.1, 0.15) is 5.82 Å². The van der Waals surface area contributed by atoms with Crippen LogP contribution >= 0.6 is 0 Å². The van der Waals surface area contributed by atoms with Crippen LogP contribution in [-0.4, -0.2) is 48.6 Å². The van der Waals surface area contributed by atoms with Crippen molar-refractivity contribution in [2.45, 2.75) is 59.5 Å². The van der Waals surface area contributed by atoms with Gasteiger partial charge in [0.2, 0.25) is 5.91 Å². The van der Waals surface area contributed by atoms with Crippen molar-refractivity contribution in [2.75, 3.05) is 31.1 Å². The first-order chi connectivity index (χ1) is 13.3. The second kappa shape index (κ2) is 10.3. The number of nitrogens with one attached hydrogen (secondary N) is 3. The van der Waals surface area contributed by atoms with Gasteiger partial charge in [0, 0.05) is 31.4 Å². The zero-order valence-electron chi connectivity index (χ0n) is 18.0. The molecule has 1 saturated heterocycles. The third-order valence-electron chi connectivity index (χ3n) is 4.61. The highest BCUT2D eigenvalue weighted by Crippen LogP contribution is 2.21. The molecule has 0 unspecified atom stereocenters. The van der Waals surface area contributed by atoms with Crippen molar-refractivity contribution < 1.29 is 4.79 Å². The highest BCUT2D eigenvalue weighted by atomic mass is 16.2. The summed E-state index contributed by atoms with van der Waals surface area (Å²) in [5, 5.41) is 9.18. The standard InChI is InChI=1S/C21H36N6O/c1-6-22-20(25-15-19(28)26-21(3,4)5)24-14-17-7-8-18(23-13-17)27-11-9-16(2)10-12-27/h7-8,13,16H,6,9-12,14-15H2,1-5H3,(H,26,28)(H2,22,24,25). The predicted molar refractivity (Wildman–Crippen MR) is 116 cm³/mol. The lowest BCUT2D eigenvalue weighted by atomic mass is 9.99. The molecule has 2 rings (SSSR count). The van der Waals surface area contributed by atoms with E-state index >= 15 is 0 Å². The summed E-state index contributed by atoms with van der Waals surface area (Å²) >= 11 is 0. The number of piperidine rings is 1. The molecule has 1 aliphatic heterocycles. The van der Waals surface area contributed by atoms with Crippen LogP contribution in [0.5, 0.6) is 0 Å². The minimum Gasteiger partial charge on any atom is -0.357 e. The Morgan fingerprint density at radius 1 is 1.25 bits per heavy atom. The normalized spacial score (nSPS) is 16.0. The van der Waals surface area contributed by atoms with Crippen LogP contribution < -0.4 is 20.9 Å². The lowest BCUT2D eigenvalue weighted by Crippen LogP contribution is -2.48. The van der Waals surface area contributed by atoms with E-state index in [1.807, 2.05) is 33.9 Å². The average Bonchev–Trinajstić information content (AvgIpc) is 2.64. The second-order valence-corrected chi connectivity index (χ2v) is 8.54. The van der Waals surface area contributed by atoms with Gasteiger partial charge in [0.15, 0.2) is 5.96 Å². The van der Waals surface area contributed by atoms with E-state index in [9.17, 15) is 4.79 Å². The van der Waals surface area contributed by atoms with Crippen molar-refractivity contribution in [2.24, 2.45) is 10.9 Å². The van der Waals surface area contributed by atoms with E-state index in [1.165, 1.54) is 12.8 Å². The van der Waals surface area contributed by atoms with Crippen molar-refractivity contribution in [1.82, 2.24) is 20.9 Å². The molecule has 0 aromatic carbocycles. The molecule has 7 nitrogen and oxygen atoms in total. The van der Waals surface area contributed by atoms with Gasteiger partial charge in [-0.3, -0.25) is 4.79 Å². The van der Waals surface area contributed by atoms with Gasteiger partial charge in [0.05, 0.1) is 13.1 Å². The number of hydrogen-bond donors (Lipinski definition) is 3. The minimum absolute atomic E-state index is 0.0556. The largest absolute Gasteiger partial charge is 0.357 e. The number of hydrogen-bond acceptors (Lipinski definition) is 4. The molecule has 0 radical (unpaired) electrons. The summed E-state index contributed by atoms with van der Waals surface area (Å²) in [7, 11) is 0. The fourth-order valence-electron chi connectivity index (χ4n) is 3.07. The first kappa shape index (κ1) is 22.0. The number of carbonyl (C=O) groups excluding carboxylic acids is 1. The fourth-order valence-corrected chi connectivity index (χ4v) is 3.07. The third kappa shape index (κ3) is 7.74. The lowest BCUT2D eigenvalue weighted by Gasteiger charge is -2.31. The van der Waals surface area contributed by atoms with Crippen LogP contribution in [0.2, 0.25) is 0 Å². The van der Waals surface area contributed by atoms with E-state index in [-0.39, 0.29) is 18.0 Å². The maximum absolute atomic E-state index is 12.0. The Hall–Kier alpha value is -2.31. The molecule has 156 valence electrons. The Labute approximate surface area is 169 Å². The van der Waals surface area contributed by atoms with Crippen LogP contribution in [0.3, 0.4) is 0 Å². The number of carbonyl (C=O) groups is 1. The molecule has 0 bridgehead atoms. The van der Waals surface area contributed by atoms with Gasteiger partial charge >= 0.3 is 0 Å². The number of amides is 1. The second-order valence-electron chi connectivity index (χ2n) is 8.54. The van der Waals surface area contributed by atoms with E-state index in [0.717, 1.165) is 36.9 Å². The third-order valence-corrected chi connectivity index (χ3v) is 4.61. The molecule has 0 spiro atoms. The predicted octanol–water partition coefficient (Wildman–Crippen LogP) is 2.29. The number of rotatable bonds is 6. The SMILES string of the molecule is CCNC(=NCc1ccc(N2CCC(C)CC2)nc1)NCC(=O)NC(C)(C)C. The highest BCUT2D eigenvalue weighted by Gasteiger charge is 2.17. The molecule has 2 heterocycles. The topological polar surface area (TPSA) is 81.7 Å². The molecule has 1 fully saturated rings. The van der Waals surface area contributed by atoms with Gasteiger partial charge in [-0.25, -0.2) is 9.98 Å². The van der Waals surface area contributed by atoms with Gasteiger partial charge in [-0.15, -0.1) is 0 Å². The zero-order valence-corrected chi connectivity index (χ0v) is 18.0.